The molecule has 3 N–H and O–H groups in total. The quantitative estimate of drug-likeness (QED) is 0.290. The number of fused-ring (bicyclic) bond motifs is 1. The molecule has 1 amide bonds. The minimum atomic E-state index is 0. The van der Waals surface area contributed by atoms with Gasteiger partial charge in [-0.3, -0.25) is 9.79 Å². The maximum Gasteiger partial charge on any atom is 0.223 e. The molecular weight excluding hydrogens is 491 g/mol. The molecule has 2 saturated carbocycles. The summed E-state index contributed by atoms with van der Waals surface area (Å²) in [6.45, 7) is 4.46. The topological polar surface area (TPSA) is 74.8 Å². The van der Waals surface area contributed by atoms with Crippen molar-refractivity contribution in [2.24, 2.45) is 10.9 Å². The van der Waals surface area contributed by atoms with Crippen LogP contribution in [0.4, 0.5) is 0 Å². The summed E-state index contributed by atoms with van der Waals surface area (Å²) < 4.78 is 5.59. The maximum atomic E-state index is 12.4. The number of nitrogens with zero attached hydrogens (tertiary/aromatic N) is 1. The second kappa shape index (κ2) is 11.2. The summed E-state index contributed by atoms with van der Waals surface area (Å²) in [6, 6.07) is 7.24. The lowest BCUT2D eigenvalue weighted by molar-refractivity contribution is -0.126. The third-order valence-electron chi connectivity index (χ3n) is 6.08. The third-order valence-corrected chi connectivity index (χ3v) is 6.08. The average molecular weight is 526 g/mol. The number of guanidine groups is 1. The van der Waals surface area contributed by atoms with Gasteiger partial charge in [0, 0.05) is 37.5 Å². The summed E-state index contributed by atoms with van der Waals surface area (Å²) in [4.78, 5) is 17.2. The van der Waals surface area contributed by atoms with E-state index in [9.17, 15) is 4.79 Å². The fourth-order valence-corrected chi connectivity index (χ4v) is 4.31. The molecule has 1 aliphatic heterocycles. The van der Waals surface area contributed by atoms with Crippen LogP contribution in [0.15, 0.2) is 23.2 Å². The number of benzene rings is 1. The van der Waals surface area contributed by atoms with E-state index in [1.54, 1.807) is 0 Å². The van der Waals surface area contributed by atoms with E-state index in [1.807, 2.05) is 0 Å². The second-order valence-electron chi connectivity index (χ2n) is 8.54. The standard InChI is InChI=1S/C23H34N4O2.HI/c1-2-24-23(25-12-10-16-6-9-21-17(14-16)11-13-29-21)27-20-5-3-4-18(15-20)22(28)26-19-7-8-19;/h6,9,14,18-20H,2-5,7-8,10-13,15H2,1H3,(H,26,28)(H2,24,25,27);1H. The Morgan fingerprint density at radius 2 is 2.03 bits per heavy atom. The summed E-state index contributed by atoms with van der Waals surface area (Å²) in [5, 5.41) is 10.1. The Bertz CT molecular complexity index is 751. The highest BCUT2D eigenvalue weighted by Crippen LogP contribution is 2.27. The molecule has 1 aromatic rings. The molecule has 0 saturated heterocycles. The molecule has 1 heterocycles. The predicted molar refractivity (Wildman–Crippen MR) is 131 cm³/mol. The Kier molecular flexibility index (Phi) is 8.65. The molecule has 166 valence electrons. The van der Waals surface area contributed by atoms with Gasteiger partial charge in [0.15, 0.2) is 5.96 Å². The number of hydrogen-bond donors (Lipinski definition) is 3. The zero-order valence-electron chi connectivity index (χ0n) is 17.9. The molecule has 6 nitrogen and oxygen atoms in total. The third kappa shape index (κ3) is 6.49. The smallest absolute Gasteiger partial charge is 0.223 e. The van der Waals surface area contributed by atoms with Gasteiger partial charge in [-0.25, -0.2) is 0 Å². The maximum absolute atomic E-state index is 12.4. The van der Waals surface area contributed by atoms with Gasteiger partial charge in [-0.05, 0) is 62.6 Å². The Morgan fingerprint density at radius 3 is 2.83 bits per heavy atom. The van der Waals surface area contributed by atoms with Crippen molar-refractivity contribution in [3.63, 3.8) is 0 Å². The number of rotatable bonds is 7. The van der Waals surface area contributed by atoms with E-state index < -0.39 is 0 Å². The predicted octanol–water partition coefficient (Wildman–Crippen LogP) is 3.17. The van der Waals surface area contributed by atoms with Gasteiger partial charge in [0.2, 0.25) is 5.91 Å². The first-order valence-corrected chi connectivity index (χ1v) is 11.3. The highest BCUT2D eigenvalue weighted by Gasteiger charge is 2.31. The molecular formula is C23H35IN4O2. The van der Waals surface area contributed by atoms with Gasteiger partial charge < -0.3 is 20.7 Å². The summed E-state index contributed by atoms with van der Waals surface area (Å²) in [6.07, 6.45) is 8.32. The van der Waals surface area contributed by atoms with Gasteiger partial charge in [0.25, 0.3) is 0 Å². The Hall–Kier alpha value is -1.51. The fraction of sp³-hybridized carbons (Fsp3) is 0.652. The highest BCUT2D eigenvalue weighted by atomic mass is 127. The van der Waals surface area contributed by atoms with Crippen LogP contribution in [0.1, 0.15) is 56.6 Å². The van der Waals surface area contributed by atoms with Crippen LogP contribution in [0.2, 0.25) is 0 Å². The van der Waals surface area contributed by atoms with Crippen LogP contribution in [0.5, 0.6) is 5.75 Å². The van der Waals surface area contributed by atoms with E-state index in [0.717, 1.165) is 82.8 Å². The van der Waals surface area contributed by atoms with E-state index in [0.29, 0.717) is 12.1 Å². The molecule has 7 heteroatoms. The summed E-state index contributed by atoms with van der Waals surface area (Å²) in [7, 11) is 0. The van der Waals surface area contributed by atoms with Crippen molar-refractivity contribution < 1.29 is 9.53 Å². The number of aliphatic imine (C=N–C) groups is 1. The van der Waals surface area contributed by atoms with Crippen molar-refractivity contribution in [3.8, 4) is 5.75 Å². The molecule has 30 heavy (non-hydrogen) atoms. The van der Waals surface area contributed by atoms with Crippen LogP contribution in [0, 0.1) is 5.92 Å². The largest absolute Gasteiger partial charge is 0.493 e. The molecule has 2 aliphatic carbocycles. The molecule has 0 spiro atoms. The Labute approximate surface area is 197 Å². The Balaban J connectivity index is 0.00000256. The van der Waals surface area contributed by atoms with E-state index in [4.69, 9.17) is 9.73 Å². The first-order valence-electron chi connectivity index (χ1n) is 11.3. The molecule has 0 bridgehead atoms. The van der Waals surface area contributed by atoms with Crippen LogP contribution in [-0.4, -0.2) is 43.6 Å². The first-order chi connectivity index (χ1) is 14.2. The molecule has 2 unspecified atom stereocenters. The van der Waals surface area contributed by atoms with Gasteiger partial charge in [0.05, 0.1) is 6.61 Å². The van der Waals surface area contributed by atoms with Crippen molar-refractivity contribution in [1.82, 2.24) is 16.0 Å². The Morgan fingerprint density at radius 1 is 1.17 bits per heavy atom. The molecule has 2 atom stereocenters. The number of ether oxygens (including phenoxy) is 1. The number of carbonyl (C=O) groups excluding carboxylic acids is 1. The summed E-state index contributed by atoms with van der Waals surface area (Å²) in [5.41, 5.74) is 2.62. The van der Waals surface area contributed by atoms with Crippen molar-refractivity contribution >= 4 is 35.8 Å². The molecule has 1 aromatic carbocycles. The molecule has 4 rings (SSSR count). The first kappa shape index (κ1) is 23.2. The normalized spacial score (nSPS) is 23.0. The van der Waals surface area contributed by atoms with Crippen LogP contribution in [0.3, 0.4) is 0 Å². The second-order valence-corrected chi connectivity index (χ2v) is 8.54. The minimum Gasteiger partial charge on any atom is -0.493 e. The van der Waals surface area contributed by atoms with Gasteiger partial charge in [0.1, 0.15) is 5.75 Å². The lowest BCUT2D eigenvalue weighted by atomic mass is 9.85. The van der Waals surface area contributed by atoms with Crippen molar-refractivity contribution in [2.75, 3.05) is 19.7 Å². The van der Waals surface area contributed by atoms with Gasteiger partial charge in [-0.15, -0.1) is 24.0 Å². The average Bonchev–Trinajstić information content (AvgIpc) is 3.41. The van der Waals surface area contributed by atoms with E-state index in [-0.39, 0.29) is 35.8 Å². The van der Waals surface area contributed by atoms with E-state index in [1.165, 1.54) is 11.1 Å². The SMILES string of the molecule is CCNC(=NCCc1ccc2c(c1)CCO2)NC1CCCC(C(=O)NC2CC2)C1.I. The lowest BCUT2D eigenvalue weighted by Gasteiger charge is -2.30. The monoisotopic (exact) mass is 526 g/mol. The molecule has 0 aromatic heterocycles. The molecule has 0 radical (unpaired) electrons. The zero-order valence-corrected chi connectivity index (χ0v) is 20.2. The summed E-state index contributed by atoms with van der Waals surface area (Å²) in [5.74, 6) is 2.29. The van der Waals surface area contributed by atoms with Gasteiger partial charge >= 0.3 is 0 Å². The minimum absolute atomic E-state index is 0. The van der Waals surface area contributed by atoms with E-state index >= 15 is 0 Å². The number of nitrogens with one attached hydrogen (secondary N) is 3. The van der Waals surface area contributed by atoms with E-state index in [2.05, 4.69) is 41.1 Å². The van der Waals surface area contributed by atoms with Crippen molar-refractivity contribution in [3.05, 3.63) is 29.3 Å². The number of carbonyl (C=O) groups is 1. The fourth-order valence-electron chi connectivity index (χ4n) is 4.31. The van der Waals surface area contributed by atoms with Crippen molar-refractivity contribution in [2.45, 2.75) is 70.4 Å². The van der Waals surface area contributed by atoms with Crippen molar-refractivity contribution in [1.29, 1.82) is 0 Å². The highest BCUT2D eigenvalue weighted by molar-refractivity contribution is 14.0. The van der Waals surface area contributed by atoms with Crippen LogP contribution < -0.4 is 20.7 Å². The number of hydrogen-bond acceptors (Lipinski definition) is 3. The van der Waals surface area contributed by atoms with Crippen LogP contribution >= 0.6 is 24.0 Å². The van der Waals surface area contributed by atoms with Gasteiger partial charge in [-0.2, -0.15) is 0 Å². The summed E-state index contributed by atoms with van der Waals surface area (Å²) >= 11 is 0. The number of amides is 1. The lowest BCUT2D eigenvalue weighted by Crippen LogP contribution is -2.47. The molecule has 2 fully saturated rings. The van der Waals surface area contributed by atoms with Crippen LogP contribution in [0.25, 0.3) is 0 Å². The van der Waals surface area contributed by atoms with Crippen LogP contribution in [-0.2, 0) is 17.6 Å². The zero-order chi connectivity index (χ0) is 20.1. The van der Waals surface area contributed by atoms with Gasteiger partial charge in [-0.1, -0.05) is 18.6 Å². The number of halogens is 1. The molecule has 3 aliphatic rings.